The van der Waals surface area contributed by atoms with Crippen molar-refractivity contribution in [3.05, 3.63) is 66.4 Å². The Bertz CT molecular complexity index is 2100. The molecule has 8 rings (SSSR count). The molecule has 286 valence electrons. The number of pyridine rings is 1. The standard InChI is InChI=1S/C26H30N10O4.C5H6N2.C4H6O.C2H6/c1-26(2,3)40-25(39)35(20-9-19(27-4)31-23-28-14-29-36(20)23)12-17-11-33-10-16(15-6-7-15)8-18(22(33)30-17)34-13-21(37)32(5)24(34)38;1-5-2-3-6-4-7-5;5-3-4-1-2-4;1-2/h8-11,14-15H,6-7,12-13H2,1-5H3,(H,27,28,29,31);2-4H,1H3;3-4H,1-2H2;1-2H3. The van der Waals surface area contributed by atoms with Gasteiger partial charge in [-0.2, -0.15) is 19.6 Å². The molecule has 1 saturated heterocycles. The van der Waals surface area contributed by atoms with Crippen LogP contribution >= 0.6 is 0 Å². The zero-order chi connectivity index (χ0) is 39.2. The number of aldehydes is 1. The maximum absolute atomic E-state index is 13.6. The quantitative estimate of drug-likeness (QED) is 0.165. The van der Waals surface area contributed by atoms with E-state index in [4.69, 9.17) is 9.72 Å². The van der Waals surface area contributed by atoms with Crippen LogP contribution < -0.4 is 15.1 Å². The number of likely N-dealkylation sites (N-methyl/N-ethyl adjacent to an activating group) is 1. The van der Waals surface area contributed by atoms with Crippen molar-refractivity contribution in [3.8, 4) is 0 Å². The predicted octanol–water partition coefficient (Wildman–Crippen LogP) is 5.44. The lowest BCUT2D eigenvalue weighted by atomic mass is 10.1. The minimum atomic E-state index is -0.754. The summed E-state index contributed by atoms with van der Waals surface area (Å²) in [5, 5.41) is 7.25. The Labute approximate surface area is 313 Å². The summed E-state index contributed by atoms with van der Waals surface area (Å²) in [4.78, 5) is 73.4. The number of hydrogen-bond acceptors (Lipinski definition) is 12. The zero-order valence-electron chi connectivity index (χ0n) is 32.1. The number of anilines is 3. The van der Waals surface area contributed by atoms with Gasteiger partial charge in [-0.3, -0.25) is 19.5 Å². The molecule has 0 spiro atoms. The number of carbonyl (C=O) groups is 4. The van der Waals surface area contributed by atoms with Crippen molar-refractivity contribution in [1.29, 1.82) is 0 Å². The monoisotopic (exact) mass is 740 g/mol. The highest BCUT2D eigenvalue weighted by Gasteiger charge is 2.37. The van der Waals surface area contributed by atoms with E-state index in [2.05, 4.69) is 30.4 Å². The summed E-state index contributed by atoms with van der Waals surface area (Å²) in [6, 6.07) is 5.09. The number of rotatable bonds is 7. The van der Waals surface area contributed by atoms with Gasteiger partial charge in [0.1, 0.15) is 42.7 Å². The number of aryl methyl sites for hydroxylation is 1. The van der Waals surface area contributed by atoms with Crippen LogP contribution in [0.4, 0.5) is 26.9 Å². The molecule has 17 heteroatoms. The third kappa shape index (κ3) is 9.50. The van der Waals surface area contributed by atoms with Gasteiger partial charge in [0, 0.05) is 50.4 Å². The van der Waals surface area contributed by atoms with Gasteiger partial charge in [-0.15, -0.1) is 0 Å². The fraction of sp³-hybridized carbons (Fsp3) is 0.459. The van der Waals surface area contributed by atoms with Gasteiger partial charge in [-0.25, -0.2) is 24.5 Å². The van der Waals surface area contributed by atoms with E-state index in [0.717, 1.165) is 48.1 Å². The molecule has 1 N–H and O–H groups in total. The van der Waals surface area contributed by atoms with Crippen LogP contribution in [0.5, 0.6) is 0 Å². The number of aromatic nitrogens is 8. The highest BCUT2D eigenvalue weighted by molar-refractivity contribution is 6.13. The van der Waals surface area contributed by atoms with E-state index < -0.39 is 17.7 Å². The number of imide groups is 1. The Morgan fingerprint density at radius 1 is 1.06 bits per heavy atom. The fourth-order valence-electron chi connectivity index (χ4n) is 5.28. The topological polar surface area (TPSA) is 185 Å². The molecule has 0 bridgehead atoms. The second kappa shape index (κ2) is 16.8. The van der Waals surface area contributed by atoms with Gasteiger partial charge in [0.15, 0.2) is 5.65 Å². The zero-order valence-corrected chi connectivity index (χ0v) is 32.1. The molecule has 1 aliphatic heterocycles. The third-order valence-electron chi connectivity index (χ3n) is 8.37. The number of imidazole rings is 1. The Kier molecular flexibility index (Phi) is 12.2. The van der Waals surface area contributed by atoms with Gasteiger partial charge in [0.25, 0.3) is 5.78 Å². The number of nitrogens with zero attached hydrogens (tertiary/aromatic N) is 11. The molecule has 5 aromatic rings. The van der Waals surface area contributed by atoms with Crippen LogP contribution in [0.25, 0.3) is 11.4 Å². The largest absolute Gasteiger partial charge is 0.443 e. The van der Waals surface area contributed by atoms with Crippen molar-refractivity contribution in [2.75, 3.05) is 35.8 Å². The lowest BCUT2D eigenvalue weighted by Crippen LogP contribution is -2.37. The van der Waals surface area contributed by atoms with Gasteiger partial charge in [-0.1, -0.05) is 13.8 Å². The molecular formula is C37H48N12O5. The predicted molar refractivity (Wildman–Crippen MR) is 202 cm³/mol. The Morgan fingerprint density at radius 2 is 1.80 bits per heavy atom. The van der Waals surface area contributed by atoms with E-state index in [1.807, 2.05) is 49.7 Å². The smallest absolute Gasteiger partial charge is 0.416 e. The van der Waals surface area contributed by atoms with Crippen LogP contribution in [0.2, 0.25) is 0 Å². The first-order chi connectivity index (χ1) is 25.8. The van der Waals surface area contributed by atoms with E-state index in [1.54, 1.807) is 40.1 Å². The van der Waals surface area contributed by atoms with Gasteiger partial charge in [-0.05, 0) is 77.0 Å². The van der Waals surface area contributed by atoms with Crippen LogP contribution in [0, 0.1) is 12.8 Å². The molecule has 2 aliphatic carbocycles. The van der Waals surface area contributed by atoms with Crippen LogP contribution in [-0.2, 0) is 20.9 Å². The van der Waals surface area contributed by atoms with Crippen molar-refractivity contribution in [2.45, 2.75) is 85.3 Å². The Morgan fingerprint density at radius 3 is 2.31 bits per heavy atom. The minimum Gasteiger partial charge on any atom is -0.443 e. The molecule has 0 unspecified atom stereocenters. The number of fused-ring (bicyclic) bond motifs is 2. The summed E-state index contributed by atoms with van der Waals surface area (Å²) in [6.07, 6.45) is 13.3. The van der Waals surface area contributed by atoms with Gasteiger partial charge in [0.05, 0.1) is 17.9 Å². The Hall–Kier alpha value is -6.00. The van der Waals surface area contributed by atoms with E-state index in [9.17, 15) is 19.2 Å². The lowest BCUT2D eigenvalue weighted by Gasteiger charge is -2.27. The van der Waals surface area contributed by atoms with Gasteiger partial charge < -0.3 is 19.2 Å². The summed E-state index contributed by atoms with van der Waals surface area (Å²) in [5.74, 6) is 1.77. The first-order valence-electron chi connectivity index (χ1n) is 18.0. The van der Waals surface area contributed by atoms with Crippen molar-refractivity contribution in [2.24, 2.45) is 5.92 Å². The van der Waals surface area contributed by atoms with E-state index in [0.29, 0.717) is 46.3 Å². The number of ether oxygens (including phenoxy) is 1. The molecule has 0 radical (unpaired) electrons. The molecule has 3 fully saturated rings. The molecule has 0 atom stereocenters. The molecule has 5 aromatic heterocycles. The lowest BCUT2D eigenvalue weighted by molar-refractivity contribution is -0.123. The number of carbonyl (C=O) groups excluding carboxylic acids is 4. The van der Waals surface area contributed by atoms with Gasteiger partial charge >= 0.3 is 12.1 Å². The average Bonchev–Trinajstić information content (AvgIpc) is 4.08. The second-order valence-corrected chi connectivity index (χ2v) is 13.8. The first-order valence-corrected chi connectivity index (χ1v) is 18.0. The highest BCUT2D eigenvalue weighted by Crippen LogP contribution is 2.42. The first kappa shape index (κ1) is 39.2. The summed E-state index contributed by atoms with van der Waals surface area (Å²) in [6.45, 7) is 11.3. The number of nitrogens with one attached hydrogen (secondary N) is 1. The molecule has 17 nitrogen and oxygen atoms in total. The van der Waals surface area contributed by atoms with Crippen molar-refractivity contribution in [3.63, 3.8) is 0 Å². The van der Waals surface area contributed by atoms with Crippen LogP contribution in [0.15, 0.2) is 49.4 Å². The minimum absolute atomic E-state index is 0.0315. The van der Waals surface area contributed by atoms with Crippen LogP contribution in [-0.4, -0.2) is 94.4 Å². The SMILES string of the molecule is CC.CNc1cc(N(Cc2cn3cc(C4CC4)cc(N4CC(=O)N(C)C4=O)c3n2)C(=O)OC(C)(C)C)n2ncnc2n1.Cc1ccncn1.O=CC1CC1. The van der Waals surface area contributed by atoms with E-state index in [1.165, 1.54) is 34.0 Å². The average molecular weight is 741 g/mol. The maximum Gasteiger partial charge on any atom is 0.416 e. The second-order valence-electron chi connectivity index (χ2n) is 13.8. The van der Waals surface area contributed by atoms with Crippen molar-refractivity contribution in [1.82, 2.24) is 43.8 Å². The number of amides is 4. The van der Waals surface area contributed by atoms with E-state index >= 15 is 0 Å². The summed E-state index contributed by atoms with van der Waals surface area (Å²) in [7, 11) is 3.20. The molecule has 54 heavy (non-hydrogen) atoms. The summed E-state index contributed by atoms with van der Waals surface area (Å²) >= 11 is 0. The third-order valence-corrected chi connectivity index (χ3v) is 8.37. The maximum atomic E-state index is 13.6. The molecule has 6 heterocycles. The van der Waals surface area contributed by atoms with Crippen LogP contribution in [0.3, 0.4) is 0 Å². The van der Waals surface area contributed by atoms with Crippen molar-refractivity contribution >= 4 is 53.1 Å². The summed E-state index contributed by atoms with van der Waals surface area (Å²) in [5.41, 5.74) is 2.94. The normalized spacial score (nSPS) is 15.1. The number of urea groups is 1. The van der Waals surface area contributed by atoms with Crippen molar-refractivity contribution < 1.29 is 23.9 Å². The van der Waals surface area contributed by atoms with Gasteiger partial charge in [0.2, 0.25) is 5.91 Å². The van der Waals surface area contributed by atoms with Crippen LogP contribution in [0.1, 0.15) is 83.2 Å². The Balaban J connectivity index is 0.000000337. The molecular weight excluding hydrogens is 692 g/mol. The summed E-state index contributed by atoms with van der Waals surface area (Å²) < 4.78 is 9.07. The molecule has 2 saturated carbocycles. The molecule has 3 aliphatic rings. The highest BCUT2D eigenvalue weighted by atomic mass is 16.6. The fourth-order valence-corrected chi connectivity index (χ4v) is 5.28. The molecule has 4 amide bonds. The van der Waals surface area contributed by atoms with E-state index in [-0.39, 0.29) is 19.0 Å². The molecule has 0 aromatic carbocycles. The number of hydrogen-bond donors (Lipinski definition) is 1.